The van der Waals surface area contributed by atoms with Crippen LogP contribution in [-0.4, -0.2) is 46.6 Å². The molecule has 2 bridgehead atoms. The van der Waals surface area contributed by atoms with Crippen LogP contribution in [0.1, 0.15) is 24.3 Å². The van der Waals surface area contributed by atoms with Crippen molar-refractivity contribution in [1.29, 1.82) is 0 Å². The third-order valence-corrected chi connectivity index (χ3v) is 6.15. The molecule has 3 atom stereocenters. The van der Waals surface area contributed by atoms with Gasteiger partial charge in [-0.05, 0) is 49.5 Å². The number of hydrogen-bond donors (Lipinski definition) is 0. The maximum absolute atomic E-state index is 13.8. The third-order valence-electron chi connectivity index (χ3n) is 6.15. The summed E-state index contributed by atoms with van der Waals surface area (Å²) in [5.41, 5.74) is 0.756. The van der Waals surface area contributed by atoms with E-state index < -0.39 is 11.6 Å². The third kappa shape index (κ3) is 2.42. The summed E-state index contributed by atoms with van der Waals surface area (Å²) in [5.74, 6) is 0.562. The molecular formula is C19H20F2N4. The van der Waals surface area contributed by atoms with Crippen LogP contribution >= 0.6 is 0 Å². The predicted octanol–water partition coefficient (Wildman–Crippen LogP) is 2.82. The SMILES string of the molecule is Fc1cc(F)cc([C@@H]2CN(c3cnccn3)[C@@H]3C4CCN(CC4)[C@@H]32)c1. The molecule has 2 aromatic rings. The van der Waals surface area contributed by atoms with Gasteiger partial charge in [-0.2, -0.15) is 0 Å². The van der Waals surface area contributed by atoms with Crippen LogP contribution in [0, 0.1) is 17.6 Å². The Morgan fingerprint density at radius 1 is 0.960 bits per heavy atom. The lowest BCUT2D eigenvalue weighted by Gasteiger charge is -2.51. The number of rotatable bonds is 2. The van der Waals surface area contributed by atoms with Crippen molar-refractivity contribution >= 4 is 5.82 Å². The van der Waals surface area contributed by atoms with Gasteiger partial charge in [-0.3, -0.25) is 9.88 Å². The topological polar surface area (TPSA) is 32.3 Å². The van der Waals surface area contributed by atoms with Crippen LogP contribution in [0.3, 0.4) is 0 Å². The summed E-state index contributed by atoms with van der Waals surface area (Å²) in [6.45, 7) is 2.88. The van der Waals surface area contributed by atoms with Crippen molar-refractivity contribution in [1.82, 2.24) is 14.9 Å². The van der Waals surface area contributed by atoms with Crippen LogP contribution in [0.4, 0.5) is 14.6 Å². The Bertz CT molecular complexity index is 756. The van der Waals surface area contributed by atoms with Crippen LogP contribution < -0.4 is 4.90 Å². The molecule has 4 saturated heterocycles. The summed E-state index contributed by atoms with van der Waals surface area (Å²) >= 11 is 0. The highest BCUT2D eigenvalue weighted by atomic mass is 19.1. The van der Waals surface area contributed by atoms with Gasteiger partial charge in [0, 0.05) is 43.0 Å². The van der Waals surface area contributed by atoms with Crippen molar-refractivity contribution in [3.8, 4) is 0 Å². The summed E-state index contributed by atoms with van der Waals surface area (Å²) in [6.07, 6.45) is 7.54. The fourth-order valence-corrected chi connectivity index (χ4v) is 5.20. The van der Waals surface area contributed by atoms with Gasteiger partial charge in [-0.1, -0.05) is 0 Å². The molecule has 4 aliphatic rings. The van der Waals surface area contributed by atoms with E-state index in [0.717, 1.165) is 37.1 Å². The number of piperidine rings is 3. The first-order valence-corrected chi connectivity index (χ1v) is 8.93. The number of anilines is 1. The van der Waals surface area contributed by atoms with E-state index in [-0.39, 0.29) is 12.0 Å². The fraction of sp³-hybridized carbons (Fsp3) is 0.474. The van der Waals surface area contributed by atoms with E-state index in [1.165, 1.54) is 25.0 Å². The summed E-state index contributed by atoms with van der Waals surface area (Å²) in [6, 6.07) is 4.57. The molecule has 1 aromatic carbocycles. The Morgan fingerprint density at radius 2 is 1.72 bits per heavy atom. The molecule has 0 N–H and O–H groups in total. The van der Waals surface area contributed by atoms with Crippen LogP contribution in [0.2, 0.25) is 0 Å². The van der Waals surface area contributed by atoms with E-state index in [4.69, 9.17) is 0 Å². The average molecular weight is 342 g/mol. The number of benzene rings is 1. The second-order valence-electron chi connectivity index (χ2n) is 7.38. The normalized spacial score (nSPS) is 33.5. The number of aromatic nitrogens is 2. The van der Waals surface area contributed by atoms with Gasteiger partial charge in [0.15, 0.2) is 0 Å². The van der Waals surface area contributed by atoms with Crippen molar-refractivity contribution in [3.05, 3.63) is 54.0 Å². The largest absolute Gasteiger partial charge is 0.350 e. The van der Waals surface area contributed by atoms with Crippen molar-refractivity contribution < 1.29 is 8.78 Å². The Labute approximate surface area is 145 Å². The molecule has 1 aromatic heterocycles. The van der Waals surface area contributed by atoms with Crippen molar-refractivity contribution in [2.75, 3.05) is 24.5 Å². The van der Waals surface area contributed by atoms with Gasteiger partial charge in [0.1, 0.15) is 17.5 Å². The molecule has 4 nitrogen and oxygen atoms in total. The minimum absolute atomic E-state index is 0.0836. The first kappa shape index (κ1) is 15.2. The summed E-state index contributed by atoms with van der Waals surface area (Å²) in [4.78, 5) is 13.5. The second-order valence-corrected chi connectivity index (χ2v) is 7.38. The predicted molar refractivity (Wildman–Crippen MR) is 90.4 cm³/mol. The van der Waals surface area contributed by atoms with E-state index in [1.54, 1.807) is 18.6 Å². The zero-order chi connectivity index (χ0) is 17.0. The zero-order valence-corrected chi connectivity index (χ0v) is 13.9. The molecule has 0 spiro atoms. The lowest BCUT2D eigenvalue weighted by Crippen LogP contribution is -2.60. The molecule has 5 heterocycles. The van der Waals surface area contributed by atoms with E-state index in [1.807, 2.05) is 0 Å². The molecule has 0 radical (unpaired) electrons. The van der Waals surface area contributed by atoms with Gasteiger partial charge in [-0.15, -0.1) is 0 Å². The van der Waals surface area contributed by atoms with E-state index >= 15 is 0 Å². The lowest BCUT2D eigenvalue weighted by atomic mass is 9.75. The first-order chi connectivity index (χ1) is 12.2. The second kappa shape index (κ2) is 5.73. The highest BCUT2D eigenvalue weighted by Gasteiger charge is 2.53. The summed E-state index contributed by atoms with van der Waals surface area (Å²) in [5, 5.41) is 0. The Hall–Kier alpha value is -2.08. The van der Waals surface area contributed by atoms with Gasteiger partial charge < -0.3 is 4.90 Å². The Morgan fingerprint density at radius 3 is 2.40 bits per heavy atom. The zero-order valence-electron chi connectivity index (χ0n) is 13.9. The molecule has 0 amide bonds. The molecule has 0 saturated carbocycles. The smallest absolute Gasteiger partial charge is 0.147 e. The summed E-state index contributed by atoms with van der Waals surface area (Å²) < 4.78 is 27.6. The van der Waals surface area contributed by atoms with Gasteiger partial charge in [-0.25, -0.2) is 13.8 Å². The van der Waals surface area contributed by atoms with Crippen LogP contribution in [0.5, 0.6) is 0 Å². The standard InChI is InChI=1S/C19H20F2N4/c20-14-7-13(8-15(21)9-14)16-11-25(17-10-22-3-4-23-17)18-12-1-5-24(6-2-12)19(16)18/h3-4,7-10,12,16,18-19H,1-2,5-6,11H2/t16-,18+,19+/m0/s1. The van der Waals surface area contributed by atoms with E-state index in [9.17, 15) is 8.78 Å². The molecule has 130 valence electrons. The average Bonchev–Trinajstić information content (AvgIpc) is 3.05. The lowest BCUT2D eigenvalue weighted by molar-refractivity contribution is 0.0354. The van der Waals surface area contributed by atoms with Gasteiger partial charge >= 0.3 is 0 Å². The first-order valence-electron chi connectivity index (χ1n) is 8.93. The number of nitrogens with zero attached hydrogens (tertiary/aromatic N) is 4. The molecule has 6 rings (SSSR count). The number of fused-ring (bicyclic) bond motifs is 2. The number of halogens is 2. The molecule has 6 heteroatoms. The minimum Gasteiger partial charge on any atom is -0.350 e. The molecule has 25 heavy (non-hydrogen) atoms. The fourth-order valence-electron chi connectivity index (χ4n) is 5.20. The number of hydrogen-bond acceptors (Lipinski definition) is 4. The summed E-state index contributed by atoms with van der Waals surface area (Å²) in [7, 11) is 0. The van der Waals surface area contributed by atoms with Crippen LogP contribution in [-0.2, 0) is 0 Å². The van der Waals surface area contributed by atoms with Crippen molar-refractivity contribution in [3.63, 3.8) is 0 Å². The quantitative estimate of drug-likeness (QED) is 0.840. The van der Waals surface area contributed by atoms with E-state index in [0.29, 0.717) is 12.0 Å². The maximum Gasteiger partial charge on any atom is 0.147 e. The minimum atomic E-state index is -0.500. The molecule has 4 fully saturated rings. The van der Waals surface area contributed by atoms with Crippen LogP contribution in [0.15, 0.2) is 36.8 Å². The molecule has 0 unspecified atom stereocenters. The highest BCUT2D eigenvalue weighted by molar-refractivity contribution is 5.45. The van der Waals surface area contributed by atoms with Gasteiger partial charge in [0.05, 0.1) is 6.20 Å². The Balaban J connectivity index is 1.58. The maximum atomic E-state index is 13.8. The molecule has 4 aliphatic heterocycles. The molecule has 0 aliphatic carbocycles. The van der Waals surface area contributed by atoms with Gasteiger partial charge in [0.25, 0.3) is 0 Å². The highest BCUT2D eigenvalue weighted by Crippen LogP contribution is 2.47. The van der Waals surface area contributed by atoms with Crippen molar-refractivity contribution in [2.45, 2.75) is 30.8 Å². The van der Waals surface area contributed by atoms with Crippen molar-refractivity contribution in [2.24, 2.45) is 5.92 Å². The monoisotopic (exact) mass is 342 g/mol. The van der Waals surface area contributed by atoms with E-state index in [2.05, 4.69) is 19.8 Å². The van der Waals surface area contributed by atoms with Gasteiger partial charge in [0.2, 0.25) is 0 Å². The molecular weight excluding hydrogens is 322 g/mol. The Kier molecular flexibility index (Phi) is 3.48. The van der Waals surface area contributed by atoms with Crippen LogP contribution in [0.25, 0.3) is 0 Å².